The van der Waals surface area contributed by atoms with E-state index in [0.717, 1.165) is 22.4 Å². The number of nitrogens with zero attached hydrogens (tertiary/aromatic N) is 2. The Hall–Kier alpha value is -4.82. The molecule has 2 nitrogen and oxygen atoms in total. The van der Waals surface area contributed by atoms with Crippen molar-refractivity contribution in [1.29, 1.82) is 0 Å². The molecule has 0 spiro atoms. The SMILES string of the molecule is c1ccc(-c2ccc(-c3cccc(-c4cccc(-c5ccccc5-c5ccncc5)c4)c3)cn2)cc1. The van der Waals surface area contributed by atoms with Crippen LogP contribution in [-0.4, -0.2) is 9.97 Å². The molecule has 0 amide bonds. The monoisotopic (exact) mass is 460 g/mol. The van der Waals surface area contributed by atoms with Crippen molar-refractivity contribution in [2.45, 2.75) is 0 Å². The van der Waals surface area contributed by atoms with E-state index in [1.165, 1.54) is 33.4 Å². The second-order valence-electron chi connectivity index (χ2n) is 8.74. The summed E-state index contributed by atoms with van der Waals surface area (Å²) in [7, 11) is 0. The first-order chi connectivity index (χ1) is 17.8. The van der Waals surface area contributed by atoms with Crippen molar-refractivity contribution >= 4 is 0 Å². The molecular weight excluding hydrogens is 436 g/mol. The molecule has 0 unspecified atom stereocenters. The van der Waals surface area contributed by atoms with Crippen LogP contribution in [0.4, 0.5) is 0 Å². The van der Waals surface area contributed by atoms with Gasteiger partial charge >= 0.3 is 0 Å². The summed E-state index contributed by atoms with van der Waals surface area (Å²) in [4.78, 5) is 8.89. The van der Waals surface area contributed by atoms with Gasteiger partial charge in [-0.1, -0.05) is 97.1 Å². The Bertz CT molecular complexity index is 1610. The molecule has 0 aliphatic rings. The average molecular weight is 461 g/mol. The van der Waals surface area contributed by atoms with Crippen LogP contribution in [-0.2, 0) is 0 Å². The van der Waals surface area contributed by atoms with Crippen LogP contribution in [0.15, 0.2) is 146 Å². The molecule has 0 aliphatic carbocycles. The van der Waals surface area contributed by atoms with Crippen molar-refractivity contribution in [3.63, 3.8) is 0 Å². The van der Waals surface area contributed by atoms with E-state index in [1.54, 1.807) is 0 Å². The van der Waals surface area contributed by atoms with E-state index >= 15 is 0 Å². The first-order valence-electron chi connectivity index (χ1n) is 12.1. The lowest BCUT2D eigenvalue weighted by Crippen LogP contribution is -1.88. The standard InChI is InChI=1S/C34H24N2/c1-2-8-26(9-3-1)34-17-16-31(24-36-34)29-12-6-10-27(22-29)28-11-7-13-30(23-28)33-15-5-4-14-32(33)25-18-20-35-21-19-25/h1-24H. The summed E-state index contributed by atoms with van der Waals surface area (Å²) in [6.45, 7) is 0. The maximum atomic E-state index is 4.72. The highest BCUT2D eigenvalue weighted by atomic mass is 14.7. The molecule has 0 atom stereocenters. The predicted octanol–water partition coefficient (Wildman–Crippen LogP) is 8.81. The zero-order valence-corrected chi connectivity index (χ0v) is 19.8. The van der Waals surface area contributed by atoms with E-state index in [-0.39, 0.29) is 0 Å². The lowest BCUT2D eigenvalue weighted by molar-refractivity contribution is 1.32. The fourth-order valence-electron chi connectivity index (χ4n) is 4.61. The molecule has 6 aromatic rings. The molecule has 0 fully saturated rings. The van der Waals surface area contributed by atoms with Crippen molar-refractivity contribution in [2.24, 2.45) is 0 Å². The van der Waals surface area contributed by atoms with Gasteiger partial charge in [0.1, 0.15) is 0 Å². The number of rotatable bonds is 5. The van der Waals surface area contributed by atoms with Gasteiger partial charge in [-0.05, 0) is 69.3 Å². The summed E-state index contributed by atoms with van der Waals surface area (Å²) in [5, 5.41) is 0. The molecule has 0 N–H and O–H groups in total. The van der Waals surface area contributed by atoms with E-state index in [4.69, 9.17) is 4.98 Å². The molecule has 4 aromatic carbocycles. The smallest absolute Gasteiger partial charge is 0.0702 e. The van der Waals surface area contributed by atoms with Gasteiger partial charge in [-0.15, -0.1) is 0 Å². The fourth-order valence-corrected chi connectivity index (χ4v) is 4.61. The predicted molar refractivity (Wildman–Crippen MR) is 149 cm³/mol. The van der Waals surface area contributed by atoms with Gasteiger partial charge in [0.05, 0.1) is 5.69 Å². The molecule has 0 radical (unpaired) electrons. The van der Waals surface area contributed by atoms with Crippen molar-refractivity contribution in [3.05, 3.63) is 146 Å². The third-order valence-electron chi connectivity index (χ3n) is 6.45. The number of hydrogen-bond acceptors (Lipinski definition) is 2. The summed E-state index contributed by atoms with van der Waals surface area (Å²) in [6.07, 6.45) is 5.65. The summed E-state index contributed by atoms with van der Waals surface area (Å²) in [6, 6.07) is 44.6. The Labute approximate surface area is 211 Å². The van der Waals surface area contributed by atoms with Crippen LogP contribution in [0.1, 0.15) is 0 Å². The third kappa shape index (κ3) is 4.45. The van der Waals surface area contributed by atoms with E-state index in [0.29, 0.717) is 0 Å². The lowest BCUT2D eigenvalue weighted by atomic mass is 9.92. The zero-order chi connectivity index (χ0) is 24.2. The normalized spacial score (nSPS) is 10.8. The summed E-state index contributed by atoms with van der Waals surface area (Å²) >= 11 is 0. The van der Waals surface area contributed by atoms with Crippen molar-refractivity contribution in [3.8, 4) is 55.8 Å². The molecule has 2 heterocycles. The van der Waals surface area contributed by atoms with E-state index < -0.39 is 0 Å². The van der Waals surface area contributed by atoms with E-state index in [1.807, 2.05) is 36.8 Å². The highest BCUT2D eigenvalue weighted by Crippen LogP contribution is 2.34. The van der Waals surface area contributed by atoms with Crippen LogP contribution in [0.2, 0.25) is 0 Å². The Morgan fingerprint density at radius 2 is 0.917 bits per heavy atom. The molecule has 2 aromatic heterocycles. The second-order valence-corrected chi connectivity index (χ2v) is 8.74. The molecule has 0 saturated heterocycles. The van der Waals surface area contributed by atoms with Crippen LogP contribution in [0.25, 0.3) is 55.8 Å². The lowest BCUT2D eigenvalue weighted by Gasteiger charge is -2.12. The third-order valence-corrected chi connectivity index (χ3v) is 6.45. The Morgan fingerprint density at radius 3 is 1.58 bits per heavy atom. The summed E-state index contributed by atoms with van der Waals surface area (Å²) < 4.78 is 0. The average Bonchev–Trinajstić information content (AvgIpc) is 2.98. The molecule has 170 valence electrons. The quantitative estimate of drug-likeness (QED) is 0.257. The molecule has 0 aliphatic heterocycles. The highest BCUT2D eigenvalue weighted by molar-refractivity contribution is 5.85. The molecule has 6 rings (SSSR count). The molecule has 2 heteroatoms. The van der Waals surface area contributed by atoms with Gasteiger partial charge in [0.25, 0.3) is 0 Å². The van der Waals surface area contributed by atoms with E-state index in [2.05, 4.69) is 114 Å². The van der Waals surface area contributed by atoms with Gasteiger partial charge in [0.2, 0.25) is 0 Å². The molecular formula is C34H24N2. The van der Waals surface area contributed by atoms with Crippen LogP contribution < -0.4 is 0 Å². The molecule has 0 bridgehead atoms. The Morgan fingerprint density at radius 1 is 0.361 bits per heavy atom. The number of aromatic nitrogens is 2. The molecule has 0 saturated carbocycles. The highest BCUT2D eigenvalue weighted by Gasteiger charge is 2.09. The van der Waals surface area contributed by atoms with Gasteiger partial charge in [-0.3, -0.25) is 9.97 Å². The largest absolute Gasteiger partial charge is 0.265 e. The van der Waals surface area contributed by atoms with Crippen LogP contribution in [0, 0.1) is 0 Å². The van der Waals surface area contributed by atoms with Crippen molar-refractivity contribution in [2.75, 3.05) is 0 Å². The zero-order valence-electron chi connectivity index (χ0n) is 19.8. The first kappa shape index (κ1) is 21.7. The number of hydrogen-bond donors (Lipinski definition) is 0. The molecule has 36 heavy (non-hydrogen) atoms. The van der Waals surface area contributed by atoms with E-state index in [9.17, 15) is 0 Å². The van der Waals surface area contributed by atoms with Crippen LogP contribution in [0.5, 0.6) is 0 Å². The number of benzene rings is 4. The topological polar surface area (TPSA) is 25.8 Å². The summed E-state index contributed by atoms with van der Waals surface area (Å²) in [5.41, 5.74) is 11.5. The first-order valence-corrected chi connectivity index (χ1v) is 12.1. The second kappa shape index (κ2) is 9.81. The van der Waals surface area contributed by atoms with Gasteiger partial charge in [0, 0.05) is 29.7 Å². The number of pyridine rings is 2. The fraction of sp³-hybridized carbons (Fsp3) is 0. The van der Waals surface area contributed by atoms with Gasteiger partial charge < -0.3 is 0 Å². The van der Waals surface area contributed by atoms with Crippen molar-refractivity contribution < 1.29 is 0 Å². The maximum Gasteiger partial charge on any atom is 0.0702 e. The Kier molecular flexibility index (Phi) is 5.91. The maximum absolute atomic E-state index is 4.72. The van der Waals surface area contributed by atoms with Gasteiger partial charge in [0.15, 0.2) is 0 Å². The van der Waals surface area contributed by atoms with Crippen molar-refractivity contribution in [1.82, 2.24) is 9.97 Å². The van der Waals surface area contributed by atoms with Gasteiger partial charge in [-0.25, -0.2) is 0 Å². The van der Waals surface area contributed by atoms with Crippen LogP contribution in [0.3, 0.4) is 0 Å². The van der Waals surface area contributed by atoms with Crippen LogP contribution >= 0.6 is 0 Å². The minimum Gasteiger partial charge on any atom is -0.265 e. The summed E-state index contributed by atoms with van der Waals surface area (Å²) in [5.74, 6) is 0. The Balaban J connectivity index is 1.34. The minimum absolute atomic E-state index is 0.982. The minimum atomic E-state index is 0.982. The van der Waals surface area contributed by atoms with Gasteiger partial charge in [-0.2, -0.15) is 0 Å².